The van der Waals surface area contributed by atoms with Crippen molar-refractivity contribution >= 4 is 12.2 Å². The molecule has 0 radical (unpaired) electrons. The molecule has 0 atom stereocenters. The lowest BCUT2D eigenvalue weighted by Gasteiger charge is -2.22. The highest BCUT2D eigenvalue weighted by Crippen LogP contribution is 2.30. The van der Waals surface area contributed by atoms with E-state index in [4.69, 9.17) is 12.2 Å². The lowest BCUT2D eigenvalue weighted by atomic mass is 10.1. The van der Waals surface area contributed by atoms with E-state index in [9.17, 15) is 5.11 Å². The van der Waals surface area contributed by atoms with Crippen molar-refractivity contribution in [2.24, 2.45) is 0 Å². The van der Waals surface area contributed by atoms with E-state index in [0.717, 1.165) is 0 Å². The smallest absolute Gasteiger partial charge is 0.195 e. The first-order valence-electron chi connectivity index (χ1n) is 5.37. The average molecular weight is 249 g/mol. The summed E-state index contributed by atoms with van der Waals surface area (Å²) in [5, 5.41) is 16.8. The summed E-state index contributed by atoms with van der Waals surface area (Å²) in [4.78, 5) is 0. The molecule has 1 heterocycles. The quantitative estimate of drug-likeness (QED) is 0.764. The molecule has 0 amide bonds. The number of hydrogen-bond acceptors (Lipinski definition) is 3. The van der Waals surface area contributed by atoms with Gasteiger partial charge < -0.3 is 5.11 Å². The third kappa shape index (κ3) is 2.10. The molecule has 0 fully saturated rings. The van der Waals surface area contributed by atoms with Gasteiger partial charge in [0.15, 0.2) is 10.6 Å². The molecular formula is C12H15N3OS. The monoisotopic (exact) mass is 249 g/mol. The van der Waals surface area contributed by atoms with E-state index in [0.29, 0.717) is 16.2 Å². The molecule has 0 aliphatic rings. The highest BCUT2D eigenvalue weighted by molar-refractivity contribution is 7.71. The number of H-pyrrole nitrogens is 1. The highest BCUT2D eigenvalue weighted by Gasteiger charge is 2.21. The number of phenols is 1. The molecule has 0 saturated heterocycles. The molecular weight excluding hydrogens is 234 g/mol. The molecule has 4 nitrogen and oxygen atoms in total. The van der Waals surface area contributed by atoms with Gasteiger partial charge in [-0.1, -0.05) is 12.1 Å². The molecule has 5 heteroatoms. The van der Waals surface area contributed by atoms with Crippen LogP contribution in [0.15, 0.2) is 24.3 Å². The van der Waals surface area contributed by atoms with Gasteiger partial charge in [-0.05, 0) is 45.1 Å². The largest absolute Gasteiger partial charge is 0.507 e. The second-order valence-electron chi connectivity index (χ2n) is 4.88. The maximum absolute atomic E-state index is 9.86. The minimum atomic E-state index is -0.193. The fourth-order valence-corrected chi connectivity index (χ4v) is 2.17. The van der Waals surface area contributed by atoms with Gasteiger partial charge in [-0.25, -0.2) is 0 Å². The van der Waals surface area contributed by atoms with Gasteiger partial charge in [0.1, 0.15) is 5.75 Å². The molecule has 90 valence electrons. The lowest BCUT2D eigenvalue weighted by molar-refractivity contribution is 0.394. The second kappa shape index (κ2) is 4.00. The Morgan fingerprint density at radius 1 is 1.29 bits per heavy atom. The van der Waals surface area contributed by atoms with Crippen LogP contribution in [0.5, 0.6) is 5.75 Å². The van der Waals surface area contributed by atoms with E-state index < -0.39 is 0 Å². The first kappa shape index (κ1) is 11.9. The summed E-state index contributed by atoms with van der Waals surface area (Å²) in [5.41, 5.74) is 0.483. The Balaban J connectivity index is 2.71. The van der Waals surface area contributed by atoms with E-state index in [2.05, 4.69) is 10.2 Å². The summed E-state index contributed by atoms with van der Waals surface area (Å²) in [5.74, 6) is 0.854. The van der Waals surface area contributed by atoms with Crippen molar-refractivity contribution in [2.45, 2.75) is 26.3 Å². The third-order valence-electron chi connectivity index (χ3n) is 2.49. The van der Waals surface area contributed by atoms with Crippen molar-refractivity contribution in [3.63, 3.8) is 0 Å². The third-order valence-corrected chi connectivity index (χ3v) is 2.76. The Morgan fingerprint density at radius 2 is 1.94 bits per heavy atom. The molecule has 2 N–H and O–H groups in total. The minimum Gasteiger partial charge on any atom is -0.507 e. The molecule has 1 aromatic carbocycles. The van der Waals surface area contributed by atoms with Crippen molar-refractivity contribution in [1.29, 1.82) is 0 Å². The Hall–Kier alpha value is -1.62. The average Bonchev–Trinajstić information content (AvgIpc) is 2.60. The fourth-order valence-electron chi connectivity index (χ4n) is 1.76. The Bertz CT molecular complexity index is 592. The van der Waals surface area contributed by atoms with Crippen LogP contribution < -0.4 is 0 Å². The van der Waals surface area contributed by atoms with Crippen LogP contribution in [0.1, 0.15) is 20.8 Å². The number of para-hydroxylation sites is 1. The van der Waals surface area contributed by atoms with Crippen molar-refractivity contribution in [1.82, 2.24) is 14.8 Å². The summed E-state index contributed by atoms with van der Waals surface area (Å²) >= 11 is 5.23. The van der Waals surface area contributed by atoms with Crippen LogP contribution in [0.25, 0.3) is 11.4 Å². The Labute approximate surface area is 105 Å². The first-order chi connectivity index (χ1) is 7.91. The first-order valence-corrected chi connectivity index (χ1v) is 5.78. The summed E-state index contributed by atoms with van der Waals surface area (Å²) in [6.45, 7) is 6.13. The van der Waals surface area contributed by atoms with Crippen LogP contribution >= 0.6 is 12.2 Å². The number of aromatic nitrogens is 3. The summed E-state index contributed by atoms with van der Waals surface area (Å²) in [6.07, 6.45) is 0. The minimum absolute atomic E-state index is 0.193. The molecule has 0 spiro atoms. The van der Waals surface area contributed by atoms with Gasteiger partial charge in [0, 0.05) is 5.54 Å². The zero-order valence-electron chi connectivity index (χ0n) is 10.1. The van der Waals surface area contributed by atoms with Gasteiger partial charge >= 0.3 is 0 Å². The number of rotatable bonds is 1. The van der Waals surface area contributed by atoms with Crippen molar-refractivity contribution in [3.05, 3.63) is 29.0 Å². The van der Waals surface area contributed by atoms with Crippen LogP contribution in [-0.4, -0.2) is 19.9 Å². The summed E-state index contributed by atoms with van der Waals surface area (Å²) in [6, 6.07) is 7.10. The summed E-state index contributed by atoms with van der Waals surface area (Å²) < 4.78 is 2.45. The summed E-state index contributed by atoms with van der Waals surface area (Å²) in [7, 11) is 0. The molecule has 0 unspecified atom stereocenters. The van der Waals surface area contributed by atoms with Crippen molar-refractivity contribution < 1.29 is 5.11 Å². The van der Waals surface area contributed by atoms with E-state index in [1.165, 1.54) is 0 Å². The zero-order chi connectivity index (χ0) is 12.6. The van der Waals surface area contributed by atoms with Crippen LogP contribution in [0, 0.1) is 4.77 Å². The van der Waals surface area contributed by atoms with Gasteiger partial charge in [-0.3, -0.25) is 9.67 Å². The maximum atomic E-state index is 9.86. The fraction of sp³-hybridized carbons (Fsp3) is 0.333. The number of nitrogens with one attached hydrogen (secondary N) is 1. The van der Waals surface area contributed by atoms with Crippen LogP contribution in [0.3, 0.4) is 0 Å². The van der Waals surface area contributed by atoms with Crippen LogP contribution in [-0.2, 0) is 5.54 Å². The highest BCUT2D eigenvalue weighted by atomic mass is 32.1. The number of aromatic amines is 1. The van der Waals surface area contributed by atoms with Gasteiger partial charge in [-0.15, -0.1) is 0 Å². The molecule has 0 saturated carbocycles. The number of benzene rings is 1. The normalized spacial score (nSPS) is 11.7. The number of hydrogen-bond donors (Lipinski definition) is 2. The van der Waals surface area contributed by atoms with E-state index in [1.54, 1.807) is 12.1 Å². The molecule has 0 aliphatic heterocycles. The van der Waals surface area contributed by atoms with Gasteiger partial charge in [0.25, 0.3) is 0 Å². The zero-order valence-corrected chi connectivity index (χ0v) is 10.9. The predicted molar refractivity (Wildman–Crippen MR) is 69.5 cm³/mol. The van der Waals surface area contributed by atoms with Gasteiger partial charge in [0.05, 0.1) is 5.56 Å². The van der Waals surface area contributed by atoms with Gasteiger partial charge in [0.2, 0.25) is 0 Å². The standard InChI is InChI=1S/C12H15N3OS/c1-12(2,3)15-10(13-14-11(15)17)8-6-4-5-7-9(8)16/h4-7,16H,1-3H3,(H,14,17). The lowest BCUT2D eigenvalue weighted by Crippen LogP contribution is -2.22. The number of nitrogens with zero attached hydrogens (tertiary/aromatic N) is 2. The molecule has 2 rings (SSSR count). The SMILES string of the molecule is CC(C)(C)n1c(-c2ccccc2O)n[nH]c1=S. The molecule has 17 heavy (non-hydrogen) atoms. The topological polar surface area (TPSA) is 53.8 Å². The second-order valence-corrected chi connectivity index (χ2v) is 5.26. The number of aromatic hydroxyl groups is 1. The molecule has 0 bridgehead atoms. The molecule has 0 aliphatic carbocycles. The van der Waals surface area contributed by atoms with E-state index in [1.807, 2.05) is 37.5 Å². The predicted octanol–water partition coefficient (Wildman–Crippen LogP) is 3.07. The van der Waals surface area contributed by atoms with Crippen LogP contribution in [0.2, 0.25) is 0 Å². The van der Waals surface area contributed by atoms with Crippen LogP contribution in [0.4, 0.5) is 0 Å². The maximum Gasteiger partial charge on any atom is 0.195 e. The van der Waals surface area contributed by atoms with E-state index in [-0.39, 0.29) is 11.3 Å². The Kier molecular flexibility index (Phi) is 2.79. The Morgan fingerprint density at radius 3 is 2.53 bits per heavy atom. The van der Waals surface area contributed by atoms with Gasteiger partial charge in [-0.2, -0.15) is 5.10 Å². The van der Waals surface area contributed by atoms with Crippen molar-refractivity contribution in [3.8, 4) is 17.1 Å². The molecule has 2 aromatic rings. The van der Waals surface area contributed by atoms with E-state index >= 15 is 0 Å². The molecule has 1 aromatic heterocycles. The van der Waals surface area contributed by atoms with Crippen molar-refractivity contribution in [2.75, 3.05) is 0 Å². The number of phenolic OH excluding ortho intramolecular Hbond substituents is 1.